The van der Waals surface area contributed by atoms with Crippen LogP contribution in [0.15, 0.2) is 71.4 Å². The lowest BCUT2D eigenvalue weighted by atomic mass is 9.96. The summed E-state index contributed by atoms with van der Waals surface area (Å²) in [5, 5.41) is 3.64. The molecule has 0 aliphatic carbocycles. The zero-order valence-electron chi connectivity index (χ0n) is 18.9. The van der Waals surface area contributed by atoms with Crippen molar-refractivity contribution >= 4 is 28.1 Å². The minimum absolute atomic E-state index is 0.323. The number of anilines is 1. The number of rotatable bonds is 6. The van der Waals surface area contributed by atoms with Gasteiger partial charge < -0.3 is 19.2 Å². The second-order valence-corrected chi connectivity index (χ2v) is 7.63. The number of benzene rings is 3. The van der Waals surface area contributed by atoms with Gasteiger partial charge in [0.05, 0.1) is 20.5 Å². The Morgan fingerprint density at radius 2 is 1.76 bits per heavy atom. The summed E-state index contributed by atoms with van der Waals surface area (Å²) in [5.74, 6) is 0.683. The van der Waals surface area contributed by atoms with Gasteiger partial charge in [0.1, 0.15) is 22.9 Å². The van der Waals surface area contributed by atoms with E-state index in [1.165, 1.54) is 30.3 Å². The standard InChI is InChI=1S/C27H24FNO4/c1-16(13-25(30)29-19-11-9-18(28)10-12-19)21-14-22-23(20-7-5-6-8-24(20)31-3)15-33-27(22)17(2)26(21)32-4/h5-15H,1-4H3,(H,29,30)/b16-13+. The van der Waals surface area contributed by atoms with Gasteiger partial charge in [-0.05, 0) is 55.8 Å². The normalized spacial score (nSPS) is 11.5. The van der Waals surface area contributed by atoms with Crippen molar-refractivity contribution in [2.45, 2.75) is 13.8 Å². The molecule has 0 spiro atoms. The van der Waals surface area contributed by atoms with Crippen LogP contribution >= 0.6 is 0 Å². The SMILES string of the molecule is COc1ccccc1-c1coc2c(C)c(OC)c(/C(C)=C/C(=O)Nc3ccc(F)cc3)cc12. The lowest BCUT2D eigenvalue weighted by Crippen LogP contribution is -2.08. The number of carbonyl (C=O) groups excluding carboxylic acids is 1. The van der Waals surface area contributed by atoms with Gasteiger partial charge in [-0.25, -0.2) is 4.39 Å². The highest BCUT2D eigenvalue weighted by molar-refractivity contribution is 6.06. The first-order valence-electron chi connectivity index (χ1n) is 10.4. The second-order valence-electron chi connectivity index (χ2n) is 7.63. The lowest BCUT2D eigenvalue weighted by Gasteiger charge is -2.14. The molecule has 0 bridgehead atoms. The minimum atomic E-state index is -0.362. The van der Waals surface area contributed by atoms with Gasteiger partial charge in [0, 0.05) is 39.4 Å². The highest BCUT2D eigenvalue weighted by atomic mass is 19.1. The Bertz CT molecular complexity index is 1350. The quantitative estimate of drug-likeness (QED) is 0.339. The van der Waals surface area contributed by atoms with Crippen LogP contribution in [-0.2, 0) is 4.79 Å². The molecule has 0 saturated carbocycles. The topological polar surface area (TPSA) is 60.7 Å². The largest absolute Gasteiger partial charge is 0.496 e. The van der Waals surface area contributed by atoms with Crippen LogP contribution in [0.3, 0.4) is 0 Å². The van der Waals surface area contributed by atoms with Crippen LogP contribution < -0.4 is 14.8 Å². The Morgan fingerprint density at radius 1 is 1.03 bits per heavy atom. The second kappa shape index (κ2) is 9.20. The van der Waals surface area contributed by atoms with Crippen molar-refractivity contribution in [3.8, 4) is 22.6 Å². The molecule has 0 aliphatic rings. The minimum Gasteiger partial charge on any atom is -0.496 e. The molecule has 1 amide bonds. The number of fused-ring (bicyclic) bond motifs is 1. The maximum absolute atomic E-state index is 13.1. The van der Waals surface area contributed by atoms with Gasteiger partial charge in [-0.15, -0.1) is 0 Å². The number of nitrogens with one attached hydrogen (secondary N) is 1. The monoisotopic (exact) mass is 445 g/mol. The number of hydrogen-bond acceptors (Lipinski definition) is 4. The van der Waals surface area contributed by atoms with Crippen molar-refractivity contribution in [1.29, 1.82) is 0 Å². The number of ether oxygens (including phenoxy) is 2. The van der Waals surface area contributed by atoms with Crippen molar-refractivity contribution in [3.05, 3.63) is 83.9 Å². The van der Waals surface area contributed by atoms with Crippen molar-refractivity contribution < 1.29 is 23.1 Å². The summed E-state index contributed by atoms with van der Waals surface area (Å²) in [6, 6.07) is 15.3. The molecule has 4 rings (SSSR count). The first kappa shape index (κ1) is 22.1. The van der Waals surface area contributed by atoms with Crippen LogP contribution in [0.2, 0.25) is 0 Å². The highest BCUT2D eigenvalue weighted by Crippen LogP contribution is 2.42. The molecule has 0 aliphatic heterocycles. The molecule has 0 fully saturated rings. The summed E-state index contributed by atoms with van der Waals surface area (Å²) in [6.45, 7) is 3.77. The average molecular weight is 445 g/mol. The maximum Gasteiger partial charge on any atom is 0.248 e. The van der Waals surface area contributed by atoms with Gasteiger partial charge >= 0.3 is 0 Å². The van der Waals surface area contributed by atoms with Crippen molar-refractivity contribution in [2.24, 2.45) is 0 Å². The summed E-state index contributed by atoms with van der Waals surface area (Å²) in [7, 11) is 3.22. The molecule has 33 heavy (non-hydrogen) atoms. The number of para-hydroxylation sites is 1. The van der Waals surface area contributed by atoms with Crippen LogP contribution in [0.25, 0.3) is 27.7 Å². The third-order valence-corrected chi connectivity index (χ3v) is 5.53. The first-order valence-corrected chi connectivity index (χ1v) is 10.4. The van der Waals surface area contributed by atoms with Crippen molar-refractivity contribution in [2.75, 3.05) is 19.5 Å². The Balaban J connectivity index is 1.78. The van der Waals surface area contributed by atoms with Crippen LogP contribution in [-0.4, -0.2) is 20.1 Å². The van der Waals surface area contributed by atoms with E-state index in [2.05, 4.69) is 5.32 Å². The molecule has 1 aromatic heterocycles. The number of carbonyl (C=O) groups is 1. The molecule has 168 valence electrons. The Hall–Kier alpha value is -4.06. The zero-order chi connectivity index (χ0) is 23.5. The Labute approximate surface area is 191 Å². The average Bonchev–Trinajstić information content (AvgIpc) is 3.24. The smallest absolute Gasteiger partial charge is 0.248 e. The first-order chi connectivity index (χ1) is 15.9. The van der Waals surface area contributed by atoms with Gasteiger partial charge in [-0.3, -0.25) is 4.79 Å². The van der Waals surface area contributed by atoms with Gasteiger partial charge in [-0.1, -0.05) is 18.2 Å². The number of halogens is 1. The van der Waals surface area contributed by atoms with E-state index in [9.17, 15) is 9.18 Å². The molecular formula is C27H24FNO4. The van der Waals surface area contributed by atoms with Gasteiger partial charge in [0.2, 0.25) is 5.91 Å². The number of methoxy groups -OCH3 is 2. The van der Waals surface area contributed by atoms with Gasteiger partial charge in [0.25, 0.3) is 0 Å². The summed E-state index contributed by atoms with van der Waals surface area (Å²) >= 11 is 0. The molecule has 0 saturated heterocycles. The van der Waals surface area contributed by atoms with Crippen molar-refractivity contribution in [3.63, 3.8) is 0 Å². The zero-order valence-corrected chi connectivity index (χ0v) is 18.9. The Kier molecular flexibility index (Phi) is 6.18. The molecular weight excluding hydrogens is 421 g/mol. The molecule has 3 aromatic carbocycles. The van der Waals surface area contributed by atoms with Gasteiger partial charge in [0.15, 0.2) is 0 Å². The number of aryl methyl sites for hydroxylation is 1. The molecule has 0 unspecified atom stereocenters. The van der Waals surface area contributed by atoms with E-state index in [4.69, 9.17) is 13.9 Å². The Morgan fingerprint density at radius 3 is 2.45 bits per heavy atom. The summed E-state index contributed by atoms with van der Waals surface area (Å²) < 4.78 is 30.3. The predicted molar refractivity (Wildman–Crippen MR) is 128 cm³/mol. The maximum atomic E-state index is 13.1. The van der Waals surface area contributed by atoms with E-state index in [1.54, 1.807) is 20.5 Å². The van der Waals surface area contributed by atoms with Crippen LogP contribution in [0.1, 0.15) is 18.1 Å². The third-order valence-electron chi connectivity index (χ3n) is 5.53. The molecule has 1 N–H and O–H groups in total. The van der Waals surface area contributed by atoms with Crippen LogP contribution in [0, 0.1) is 12.7 Å². The fourth-order valence-corrected chi connectivity index (χ4v) is 3.93. The van der Waals surface area contributed by atoms with E-state index in [1.807, 2.05) is 44.2 Å². The van der Waals surface area contributed by atoms with Crippen LogP contribution in [0.4, 0.5) is 10.1 Å². The molecule has 0 radical (unpaired) electrons. The predicted octanol–water partition coefficient (Wildman–Crippen LogP) is 6.61. The summed E-state index contributed by atoms with van der Waals surface area (Å²) in [6.07, 6.45) is 3.20. The highest BCUT2D eigenvalue weighted by Gasteiger charge is 2.20. The summed E-state index contributed by atoms with van der Waals surface area (Å²) in [4.78, 5) is 12.6. The van der Waals surface area contributed by atoms with E-state index < -0.39 is 0 Å². The molecule has 1 heterocycles. The number of allylic oxidation sites excluding steroid dienone is 1. The van der Waals surface area contributed by atoms with Crippen LogP contribution in [0.5, 0.6) is 11.5 Å². The molecule has 6 heteroatoms. The number of hydrogen-bond donors (Lipinski definition) is 1. The molecule has 4 aromatic rings. The molecule has 0 atom stereocenters. The summed E-state index contributed by atoms with van der Waals surface area (Å²) in [5.41, 5.74) is 5.33. The van der Waals surface area contributed by atoms with E-state index >= 15 is 0 Å². The van der Waals surface area contributed by atoms with Crippen molar-refractivity contribution in [1.82, 2.24) is 0 Å². The third kappa shape index (κ3) is 4.32. The van der Waals surface area contributed by atoms with E-state index in [0.29, 0.717) is 22.6 Å². The fraction of sp³-hybridized carbons (Fsp3) is 0.148. The fourth-order valence-electron chi connectivity index (χ4n) is 3.93. The van der Waals surface area contributed by atoms with E-state index in [0.717, 1.165) is 33.4 Å². The lowest BCUT2D eigenvalue weighted by molar-refractivity contribution is -0.111. The van der Waals surface area contributed by atoms with Gasteiger partial charge in [-0.2, -0.15) is 0 Å². The number of amides is 1. The molecule has 5 nitrogen and oxygen atoms in total. The number of furan rings is 1. The van der Waals surface area contributed by atoms with E-state index in [-0.39, 0.29) is 11.7 Å².